The van der Waals surface area contributed by atoms with Crippen LogP contribution in [0.1, 0.15) is 20.9 Å². The average Bonchev–Trinajstić information content (AvgIpc) is 3.12. The standard InChI is InChI=1S/C18H21N3O3/c1-20-7-9-21(10-8-20)13-16(22)14-4-2-5-15(12-14)19-18(23)17-6-3-11-24-17/h2-6,11-12H,7-10,13H2,1H3,(H,19,23). The van der Waals surface area contributed by atoms with E-state index in [-0.39, 0.29) is 17.5 Å². The molecule has 1 aromatic heterocycles. The SMILES string of the molecule is CN1CCN(CC(=O)c2cccc(NC(=O)c3ccco3)c2)CC1. The number of hydrogen-bond acceptors (Lipinski definition) is 5. The number of anilines is 1. The van der Waals surface area contributed by atoms with E-state index in [1.165, 1.54) is 6.26 Å². The highest BCUT2D eigenvalue weighted by atomic mass is 16.3. The summed E-state index contributed by atoms with van der Waals surface area (Å²) in [5.74, 6) is -0.0264. The Morgan fingerprint density at radius 2 is 1.92 bits per heavy atom. The first-order valence-electron chi connectivity index (χ1n) is 8.01. The van der Waals surface area contributed by atoms with E-state index in [1.54, 1.807) is 36.4 Å². The zero-order valence-corrected chi connectivity index (χ0v) is 13.7. The number of Topliss-reactive ketones (excluding diaryl/α,β-unsaturated/α-hetero) is 1. The Kier molecular flexibility index (Phi) is 5.08. The van der Waals surface area contributed by atoms with E-state index in [2.05, 4.69) is 22.2 Å². The fourth-order valence-corrected chi connectivity index (χ4v) is 2.67. The molecule has 1 aliphatic rings. The van der Waals surface area contributed by atoms with Crippen LogP contribution < -0.4 is 5.32 Å². The molecule has 6 nitrogen and oxygen atoms in total. The van der Waals surface area contributed by atoms with Gasteiger partial charge in [0.25, 0.3) is 5.91 Å². The lowest BCUT2D eigenvalue weighted by Gasteiger charge is -2.31. The fraction of sp³-hybridized carbons (Fsp3) is 0.333. The molecule has 3 rings (SSSR count). The number of benzene rings is 1. The molecule has 0 unspecified atom stereocenters. The molecule has 1 saturated heterocycles. The van der Waals surface area contributed by atoms with Crippen LogP contribution in [0, 0.1) is 0 Å². The third-order valence-electron chi connectivity index (χ3n) is 4.15. The Hall–Kier alpha value is -2.44. The Balaban J connectivity index is 1.62. The third-order valence-corrected chi connectivity index (χ3v) is 4.15. The predicted octanol–water partition coefficient (Wildman–Crippen LogP) is 1.96. The van der Waals surface area contributed by atoms with Gasteiger partial charge in [0.05, 0.1) is 12.8 Å². The highest BCUT2D eigenvalue weighted by Gasteiger charge is 2.18. The van der Waals surface area contributed by atoms with Crippen LogP contribution in [0.15, 0.2) is 47.1 Å². The minimum Gasteiger partial charge on any atom is -0.459 e. The van der Waals surface area contributed by atoms with Gasteiger partial charge in [-0.15, -0.1) is 0 Å². The number of carbonyl (C=O) groups is 2. The molecule has 126 valence electrons. The van der Waals surface area contributed by atoms with E-state index >= 15 is 0 Å². The van der Waals surface area contributed by atoms with Crippen molar-refractivity contribution in [2.45, 2.75) is 0 Å². The van der Waals surface area contributed by atoms with Crippen LogP contribution in [-0.4, -0.2) is 61.3 Å². The molecule has 1 amide bonds. The molecule has 1 aromatic carbocycles. The summed E-state index contributed by atoms with van der Waals surface area (Å²) in [6.07, 6.45) is 1.45. The molecule has 1 fully saturated rings. The van der Waals surface area contributed by atoms with Crippen molar-refractivity contribution in [2.75, 3.05) is 45.1 Å². The molecular formula is C18H21N3O3. The van der Waals surface area contributed by atoms with Crippen molar-refractivity contribution in [1.29, 1.82) is 0 Å². The summed E-state index contributed by atoms with van der Waals surface area (Å²) in [7, 11) is 2.09. The van der Waals surface area contributed by atoms with Crippen LogP contribution in [0.4, 0.5) is 5.69 Å². The van der Waals surface area contributed by atoms with Crippen molar-refractivity contribution >= 4 is 17.4 Å². The van der Waals surface area contributed by atoms with Crippen molar-refractivity contribution in [3.63, 3.8) is 0 Å². The highest BCUT2D eigenvalue weighted by Crippen LogP contribution is 2.14. The minimum atomic E-state index is -0.330. The smallest absolute Gasteiger partial charge is 0.291 e. The first-order valence-corrected chi connectivity index (χ1v) is 8.01. The summed E-state index contributed by atoms with van der Waals surface area (Å²) in [5, 5.41) is 2.74. The number of amides is 1. The number of furan rings is 1. The van der Waals surface area contributed by atoms with E-state index in [1.807, 2.05) is 0 Å². The maximum atomic E-state index is 12.5. The lowest BCUT2D eigenvalue weighted by molar-refractivity contribution is 0.0876. The number of hydrogen-bond donors (Lipinski definition) is 1. The summed E-state index contributed by atoms with van der Waals surface area (Å²) in [6, 6.07) is 10.3. The van der Waals surface area contributed by atoms with Crippen LogP contribution in [-0.2, 0) is 0 Å². The van der Waals surface area contributed by atoms with Crippen molar-refractivity contribution in [3.05, 3.63) is 54.0 Å². The van der Waals surface area contributed by atoms with Crippen molar-refractivity contribution in [3.8, 4) is 0 Å². The van der Waals surface area contributed by atoms with Gasteiger partial charge in [0.15, 0.2) is 11.5 Å². The molecule has 0 aliphatic carbocycles. The molecule has 2 heterocycles. The van der Waals surface area contributed by atoms with Crippen molar-refractivity contribution in [1.82, 2.24) is 9.80 Å². The van der Waals surface area contributed by atoms with Gasteiger partial charge in [-0.25, -0.2) is 0 Å². The van der Waals surface area contributed by atoms with Gasteiger partial charge in [-0.05, 0) is 31.3 Å². The average molecular weight is 327 g/mol. The molecule has 2 aromatic rings. The largest absolute Gasteiger partial charge is 0.459 e. The fourth-order valence-electron chi connectivity index (χ4n) is 2.67. The Morgan fingerprint density at radius 3 is 2.62 bits per heavy atom. The summed E-state index contributed by atoms with van der Waals surface area (Å²) in [6.45, 7) is 4.16. The number of nitrogens with one attached hydrogen (secondary N) is 1. The van der Waals surface area contributed by atoms with Gasteiger partial charge < -0.3 is 14.6 Å². The summed E-state index contributed by atoms with van der Waals surface area (Å²) >= 11 is 0. The number of ketones is 1. The quantitative estimate of drug-likeness (QED) is 0.851. The van der Waals surface area contributed by atoms with Gasteiger partial charge in [0.2, 0.25) is 0 Å². The first-order chi connectivity index (χ1) is 11.6. The molecule has 6 heteroatoms. The zero-order valence-electron chi connectivity index (χ0n) is 13.7. The van der Waals surface area contributed by atoms with E-state index < -0.39 is 0 Å². The monoisotopic (exact) mass is 327 g/mol. The van der Waals surface area contributed by atoms with E-state index in [9.17, 15) is 9.59 Å². The normalized spacial score (nSPS) is 16.0. The number of rotatable bonds is 5. The molecule has 0 spiro atoms. The number of piperazine rings is 1. The van der Waals surface area contributed by atoms with Crippen LogP contribution in [0.2, 0.25) is 0 Å². The summed E-state index contributed by atoms with van der Waals surface area (Å²) in [4.78, 5) is 28.9. The van der Waals surface area contributed by atoms with Crippen molar-refractivity contribution < 1.29 is 14.0 Å². The topological polar surface area (TPSA) is 65.8 Å². The van der Waals surface area contributed by atoms with Gasteiger partial charge in [0, 0.05) is 37.4 Å². The third kappa shape index (κ3) is 4.10. The maximum Gasteiger partial charge on any atom is 0.291 e. The van der Waals surface area contributed by atoms with Gasteiger partial charge in [0.1, 0.15) is 0 Å². The summed E-state index contributed by atoms with van der Waals surface area (Å²) < 4.78 is 5.06. The molecule has 1 aliphatic heterocycles. The minimum absolute atomic E-state index is 0.0636. The molecular weight excluding hydrogens is 306 g/mol. The Labute approximate surface area is 141 Å². The maximum absolute atomic E-state index is 12.5. The molecule has 0 bridgehead atoms. The van der Waals surface area contributed by atoms with Gasteiger partial charge in [-0.3, -0.25) is 14.5 Å². The van der Waals surface area contributed by atoms with Gasteiger partial charge in [-0.2, -0.15) is 0 Å². The Bertz CT molecular complexity index is 704. The second kappa shape index (κ2) is 7.42. The highest BCUT2D eigenvalue weighted by molar-refractivity contribution is 6.03. The zero-order chi connectivity index (χ0) is 16.9. The lowest BCUT2D eigenvalue weighted by atomic mass is 10.1. The molecule has 0 saturated carbocycles. The van der Waals surface area contributed by atoms with E-state index in [0.717, 1.165) is 26.2 Å². The van der Waals surface area contributed by atoms with E-state index in [4.69, 9.17) is 4.42 Å². The second-order valence-electron chi connectivity index (χ2n) is 6.01. The number of carbonyl (C=O) groups excluding carboxylic acids is 2. The first kappa shape index (κ1) is 16.4. The predicted molar refractivity (Wildman–Crippen MR) is 91.4 cm³/mol. The van der Waals surface area contributed by atoms with Crippen LogP contribution >= 0.6 is 0 Å². The molecule has 24 heavy (non-hydrogen) atoms. The van der Waals surface area contributed by atoms with Crippen LogP contribution in [0.5, 0.6) is 0 Å². The molecule has 0 atom stereocenters. The molecule has 0 radical (unpaired) electrons. The lowest BCUT2D eigenvalue weighted by Crippen LogP contribution is -2.46. The van der Waals surface area contributed by atoms with Crippen LogP contribution in [0.3, 0.4) is 0 Å². The number of likely N-dealkylation sites (N-methyl/N-ethyl adjacent to an activating group) is 1. The molecule has 1 N–H and O–H groups in total. The van der Waals surface area contributed by atoms with E-state index in [0.29, 0.717) is 17.8 Å². The van der Waals surface area contributed by atoms with Crippen molar-refractivity contribution in [2.24, 2.45) is 0 Å². The van der Waals surface area contributed by atoms with Crippen LogP contribution in [0.25, 0.3) is 0 Å². The second-order valence-corrected chi connectivity index (χ2v) is 6.01. The summed E-state index contributed by atoms with van der Waals surface area (Å²) in [5.41, 5.74) is 1.19. The van der Waals surface area contributed by atoms with Gasteiger partial charge >= 0.3 is 0 Å². The van der Waals surface area contributed by atoms with Gasteiger partial charge in [-0.1, -0.05) is 12.1 Å². The number of nitrogens with zero attached hydrogens (tertiary/aromatic N) is 2. The Morgan fingerprint density at radius 1 is 1.12 bits per heavy atom.